The van der Waals surface area contributed by atoms with Crippen LogP contribution in [0.3, 0.4) is 0 Å². The lowest BCUT2D eigenvalue weighted by atomic mass is 10.0. The van der Waals surface area contributed by atoms with Crippen LogP contribution in [0, 0.1) is 13.8 Å². The second-order valence-electron chi connectivity index (χ2n) is 6.73. The van der Waals surface area contributed by atoms with Gasteiger partial charge >= 0.3 is 5.97 Å². The smallest absolute Gasteiger partial charge is 0.335 e. The lowest BCUT2D eigenvalue weighted by molar-refractivity contribution is -0.127. The number of ether oxygens (including phenoxy) is 2. The van der Waals surface area contributed by atoms with Crippen molar-refractivity contribution in [2.45, 2.75) is 32.8 Å². The number of carbonyl (C=O) groups is 2. The number of rotatable bonds is 6. The first kappa shape index (κ1) is 18.8. The maximum atomic E-state index is 12.4. The summed E-state index contributed by atoms with van der Waals surface area (Å²) < 4.78 is 11.0. The Hall–Kier alpha value is -3.02. The number of fused-ring (bicyclic) bond motifs is 1. The van der Waals surface area contributed by atoms with Crippen molar-refractivity contribution in [1.82, 2.24) is 5.32 Å². The molecule has 6 nitrogen and oxygen atoms in total. The molecule has 0 saturated carbocycles. The van der Waals surface area contributed by atoms with Gasteiger partial charge in [0.1, 0.15) is 11.5 Å². The summed E-state index contributed by atoms with van der Waals surface area (Å²) in [5.74, 6) is 0.128. The highest BCUT2D eigenvalue weighted by molar-refractivity contribution is 5.88. The lowest BCUT2D eigenvalue weighted by Gasteiger charge is -2.13. The van der Waals surface area contributed by atoms with Crippen molar-refractivity contribution >= 4 is 11.9 Å². The normalized spacial score (nSPS) is 15.0. The van der Waals surface area contributed by atoms with E-state index in [0.29, 0.717) is 25.1 Å². The maximum absolute atomic E-state index is 12.4. The molecule has 3 rings (SSSR count). The third kappa shape index (κ3) is 4.05. The van der Waals surface area contributed by atoms with Crippen LogP contribution in [0.25, 0.3) is 0 Å². The maximum Gasteiger partial charge on any atom is 0.335 e. The van der Waals surface area contributed by atoms with Crippen LogP contribution >= 0.6 is 0 Å². The number of hydrogen-bond acceptors (Lipinski definition) is 4. The zero-order valence-corrected chi connectivity index (χ0v) is 15.7. The number of methoxy groups -OCH3 is 1. The molecule has 2 N–H and O–H groups in total. The number of amides is 1. The number of carboxylic acid groups (broad SMARTS) is 1. The number of nitrogens with one attached hydrogen (secondary N) is 1. The van der Waals surface area contributed by atoms with Gasteiger partial charge in [-0.25, -0.2) is 4.79 Å². The van der Waals surface area contributed by atoms with E-state index < -0.39 is 12.1 Å². The molecule has 6 heteroatoms. The molecule has 0 saturated heterocycles. The molecule has 27 heavy (non-hydrogen) atoms. The molecule has 1 aliphatic heterocycles. The van der Waals surface area contributed by atoms with E-state index in [2.05, 4.69) is 11.4 Å². The first-order valence-electron chi connectivity index (χ1n) is 8.83. The molecule has 2 aromatic rings. The largest absolute Gasteiger partial charge is 0.496 e. The molecule has 2 aromatic carbocycles. The standard InChI is InChI=1S/C21H23NO5/c1-12-8-16-11-19(27-18(16)9-13(12)2)20(23)22-7-6-14-4-5-15(21(24)25)10-17(14)26-3/h4-5,8-10,19H,6-7,11H2,1-3H3,(H,22,23)(H,24,25). The third-order valence-corrected chi connectivity index (χ3v) is 4.87. The fourth-order valence-electron chi connectivity index (χ4n) is 3.18. The van der Waals surface area contributed by atoms with Crippen LogP contribution in [0.15, 0.2) is 30.3 Å². The summed E-state index contributed by atoms with van der Waals surface area (Å²) in [6.07, 6.45) is 0.587. The van der Waals surface area contributed by atoms with Gasteiger partial charge in [0, 0.05) is 13.0 Å². The Balaban J connectivity index is 1.57. The fraction of sp³-hybridized carbons (Fsp3) is 0.333. The minimum atomic E-state index is -1.00. The summed E-state index contributed by atoms with van der Waals surface area (Å²) in [7, 11) is 1.50. The van der Waals surface area contributed by atoms with Gasteiger partial charge in [0.2, 0.25) is 0 Å². The molecular formula is C21H23NO5. The van der Waals surface area contributed by atoms with Gasteiger partial charge in [-0.05, 0) is 60.7 Å². The van der Waals surface area contributed by atoms with Crippen molar-refractivity contribution in [2.75, 3.05) is 13.7 Å². The van der Waals surface area contributed by atoms with Crippen LogP contribution in [0.4, 0.5) is 0 Å². The molecule has 1 unspecified atom stereocenters. The molecule has 1 aliphatic rings. The number of benzene rings is 2. The fourth-order valence-corrected chi connectivity index (χ4v) is 3.18. The van der Waals surface area contributed by atoms with Crippen LogP contribution in [-0.4, -0.2) is 36.7 Å². The monoisotopic (exact) mass is 369 g/mol. The minimum absolute atomic E-state index is 0.150. The number of carbonyl (C=O) groups excluding carboxylic acids is 1. The molecule has 0 radical (unpaired) electrons. The zero-order valence-electron chi connectivity index (χ0n) is 15.7. The Morgan fingerprint density at radius 2 is 1.96 bits per heavy atom. The van der Waals surface area contributed by atoms with Gasteiger partial charge in [-0.15, -0.1) is 0 Å². The molecule has 1 amide bonds. The molecule has 0 spiro atoms. The third-order valence-electron chi connectivity index (χ3n) is 4.87. The summed E-state index contributed by atoms with van der Waals surface area (Å²) in [5.41, 5.74) is 4.40. The van der Waals surface area contributed by atoms with Gasteiger partial charge < -0.3 is 19.9 Å². The topological polar surface area (TPSA) is 84.9 Å². The van der Waals surface area contributed by atoms with Crippen molar-refractivity contribution in [3.63, 3.8) is 0 Å². The predicted molar refractivity (Wildman–Crippen MR) is 101 cm³/mol. The molecule has 142 valence electrons. The van der Waals surface area contributed by atoms with E-state index >= 15 is 0 Å². The van der Waals surface area contributed by atoms with Gasteiger partial charge in [0.15, 0.2) is 6.10 Å². The number of aryl methyl sites for hydroxylation is 2. The van der Waals surface area contributed by atoms with Crippen molar-refractivity contribution in [2.24, 2.45) is 0 Å². The Bertz CT molecular complexity index is 859. The van der Waals surface area contributed by atoms with E-state index in [0.717, 1.165) is 22.4 Å². The number of carboxylic acids is 1. The molecule has 1 atom stereocenters. The summed E-state index contributed by atoms with van der Waals surface area (Å²) >= 11 is 0. The van der Waals surface area contributed by atoms with E-state index in [4.69, 9.17) is 14.6 Å². The van der Waals surface area contributed by atoms with Crippen molar-refractivity contribution in [3.05, 3.63) is 58.1 Å². The average Bonchev–Trinajstić information content (AvgIpc) is 3.04. The SMILES string of the molecule is COc1cc(C(=O)O)ccc1CCNC(=O)C1Cc2cc(C)c(C)cc2O1. The van der Waals surface area contributed by atoms with E-state index in [-0.39, 0.29) is 11.5 Å². The second kappa shape index (κ2) is 7.70. The quantitative estimate of drug-likeness (QED) is 0.818. The minimum Gasteiger partial charge on any atom is -0.496 e. The van der Waals surface area contributed by atoms with Crippen LogP contribution in [0.1, 0.15) is 32.6 Å². The van der Waals surface area contributed by atoms with E-state index in [9.17, 15) is 9.59 Å². The Morgan fingerprint density at radius 1 is 1.22 bits per heavy atom. The highest BCUT2D eigenvalue weighted by Crippen LogP contribution is 2.31. The summed E-state index contributed by atoms with van der Waals surface area (Å²) in [5, 5.41) is 11.9. The van der Waals surface area contributed by atoms with Gasteiger partial charge in [-0.2, -0.15) is 0 Å². The molecule has 0 fully saturated rings. The molecule has 0 aromatic heterocycles. The molecular weight excluding hydrogens is 346 g/mol. The van der Waals surface area contributed by atoms with Gasteiger partial charge in [-0.3, -0.25) is 4.79 Å². The summed E-state index contributed by atoms with van der Waals surface area (Å²) in [6, 6.07) is 8.78. The van der Waals surface area contributed by atoms with Crippen LogP contribution in [0.2, 0.25) is 0 Å². The summed E-state index contributed by atoms with van der Waals surface area (Å²) in [6.45, 7) is 4.48. The molecule has 0 bridgehead atoms. The Kier molecular flexibility index (Phi) is 5.35. The zero-order chi connectivity index (χ0) is 19.6. The first-order valence-corrected chi connectivity index (χ1v) is 8.83. The van der Waals surface area contributed by atoms with E-state index in [1.54, 1.807) is 6.07 Å². The van der Waals surface area contributed by atoms with Crippen LogP contribution in [-0.2, 0) is 17.6 Å². The molecule has 1 heterocycles. The average molecular weight is 369 g/mol. The number of hydrogen-bond donors (Lipinski definition) is 2. The molecule has 0 aliphatic carbocycles. The van der Waals surface area contributed by atoms with Gasteiger partial charge in [-0.1, -0.05) is 12.1 Å². The summed E-state index contributed by atoms with van der Waals surface area (Å²) in [4.78, 5) is 23.5. The van der Waals surface area contributed by atoms with Crippen molar-refractivity contribution < 1.29 is 24.2 Å². The van der Waals surface area contributed by atoms with Gasteiger partial charge in [0.25, 0.3) is 5.91 Å². The Morgan fingerprint density at radius 3 is 2.67 bits per heavy atom. The van der Waals surface area contributed by atoms with E-state index in [1.165, 1.54) is 24.8 Å². The Labute approximate surface area is 158 Å². The van der Waals surface area contributed by atoms with Gasteiger partial charge in [0.05, 0.1) is 12.7 Å². The predicted octanol–water partition coefficient (Wildman–Crippen LogP) is 2.67. The second-order valence-corrected chi connectivity index (χ2v) is 6.73. The van der Waals surface area contributed by atoms with Crippen molar-refractivity contribution in [1.29, 1.82) is 0 Å². The number of aromatic carboxylic acids is 1. The van der Waals surface area contributed by atoms with Crippen LogP contribution < -0.4 is 14.8 Å². The van der Waals surface area contributed by atoms with E-state index in [1.807, 2.05) is 19.9 Å². The lowest BCUT2D eigenvalue weighted by Crippen LogP contribution is -2.38. The highest BCUT2D eigenvalue weighted by atomic mass is 16.5. The highest BCUT2D eigenvalue weighted by Gasteiger charge is 2.29. The van der Waals surface area contributed by atoms with Crippen molar-refractivity contribution in [3.8, 4) is 11.5 Å². The van der Waals surface area contributed by atoms with Crippen LogP contribution in [0.5, 0.6) is 11.5 Å². The first-order chi connectivity index (χ1) is 12.9.